The number of phenolic OH excluding ortho intramolecular Hbond substituents is 1. The molecule has 2 rings (SSSR count). The van der Waals surface area contributed by atoms with Crippen molar-refractivity contribution in [3.63, 3.8) is 0 Å². The third kappa shape index (κ3) is 4.22. The van der Waals surface area contributed by atoms with Gasteiger partial charge < -0.3 is 10.4 Å². The summed E-state index contributed by atoms with van der Waals surface area (Å²) in [5.74, 6) is 1.10. The van der Waals surface area contributed by atoms with Crippen molar-refractivity contribution in [3.05, 3.63) is 29.8 Å². The molecule has 1 aromatic carbocycles. The summed E-state index contributed by atoms with van der Waals surface area (Å²) < 4.78 is 0. The van der Waals surface area contributed by atoms with Crippen molar-refractivity contribution in [2.75, 3.05) is 19.6 Å². The first-order valence-corrected chi connectivity index (χ1v) is 7.82. The van der Waals surface area contributed by atoms with E-state index in [1.165, 1.54) is 31.5 Å². The maximum absolute atomic E-state index is 9.39. The number of benzene rings is 1. The zero-order valence-corrected chi connectivity index (χ0v) is 13.0. The molecule has 20 heavy (non-hydrogen) atoms. The van der Waals surface area contributed by atoms with Gasteiger partial charge in [0.2, 0.25) is 0 Å². The number of aromatic hydroxyl groups is 1. The van der Waals surface area contributed by atoms with Gasteiger partial charge in [-0.25, -0.2) is 0 Å². The number of rotatable bonds is 5. The van der Waals surface area contributed by atoms with Crippen LogP contribution in [0, 0.1) is 5.92 Å². The van der Waals surface area contributed by atoms with E-state index in [4.69, 9.17) is 0 Å². The summed E-state index contributed by atoms with van der Waals surface area (Å²) >= 11 is 0. The minimum atomic E-state index is 0.346. The number of nitrogens with one attached hydrogen (secondary N) is 1. The molecule has 0 aliphatic carbocycles. The molecule has 112 valence electrons. The number of piperidine rings is 1. The minimum absolute atomic E-state index is 0.346. The zero-order chi connectivity index (χ0) is 14.5. The molecule has 2 N–H and O–H groups in total. The van der Waals surface area contributed by atoms with Gasteiger partial charge in [0.1, 0.15) is 5.75 Å². The van der Waals surface area contributed by atoms with E-state index in [1.807, 2.05) is 12.1 Å². The summed E-state index contributed by atoms with van der Waals surface area (Å²) in [6.45, 7) is 10.2. The van der Waals surface area contributed by atoms with Crippen LogP contribution in [0.25, 0.3) is 0 Å². The van der Waals surface area contributed by atoms with Crippen LogP contribution < -0.4 is 5.32 Å². The van der Waals surface area contributed by atoms with E-state index in [-0.39, 0.29) is 0 Å². The number of phenols is 1. The number of hydrogen-bond acceptors (Lipinski definition) is 3. The Morgan fingerprint density at radius 3 is 2.60 bits per heavy atom. The highest BCUT2D eigenvalue weighted by Gasteiger charge is 2.24. The van der Waals surface area contributed by atoms with Crippen molar-refractivity contribution >= 4 is 0 Å². The zero-order valence-electron chi connectivity index (χ0n) is 13.0. The number of likely N-dealkylation sites (tertiary alicyclic amines) is 1. The fourth-order valence-corrected chi connectivity index (χ4v) is 2.98. The van der Waals surface area contributed by atoms with Crippen LogP contribution in [-0.2, 0) is 0 Å². The van der Waals surface area contributed by atoms with E-state index in [2.05, 4.69) is 31.0 Å². The van der Waals surface area contributed by atoms with Gasteiger partial charge in [-0.15, -0.1) is 0 Å². The molecule has 1 aliphatic heterocycles. The van der Waals surface area contributed by atoms with Crippen LogP contribution in [0.2, 0.25) is 0 Å². The van der Waals surface area contributed by atoms with Crippen LogP contribution >= 0.6 is 0 Å². The molecule has 0 saturated carbocycles. The van der Waals surface area contributed by atoms with Gasteiger partial charge in [-0.05, 0) is 56.5 Å². The molecule has 0 radical (unpaired) electrons. The Morgan fingerprint density at radius 2 is 1.95 bits per heavy atom. The average Bonchev–Trinajstić information content (AvgIpc) is 2.45. The Kier molecular flexibility index (Phi) is 5.44. The first-order valence-electron chi connectivity index (χ1n) is 7.82. The molecule has 1 fully saturated rings. The SMILES string of the molecule is CC(C)NCC1CCCN(C(C)c2ccc(O)cc2)C1. The lowest BCUT2D eigenvalue weighted by molar-refractivity contribution is 0.129. The highest BCUT2D eigenvalue weighted by atomic mass is 16.3. The van der Waals surface area contributed by atoms with Crippen LogP contribution in [0.3, 0.4) is 0 Å². The van der Waals surface area contributed by atoms with Crippen LogP contribution in [0.5, 0.6) is 5.75 Å². The van der Waals surface area contributed by atoms with Crippen LogP contribution in [-0.4, -0.2) is 35.7 Å². The Bertz CT molecular complexity index is 402. The fraction of sp³-hybridized carbons (Fsp3) is 0.647. The molecule has 0 amide bonds. The lowest BCUT2D eigenvalue weighted by Crippen LogP contribution is -2.41. The highest BCUT2D eigenvalue weighted by Crippen LogP contribution is 2.27. The van der Waals surface area contributed by atoms with Crippen LogP contribution in [0.15, 0.2) is 24.3 Å². The molecule has 2 unspecified atom stereocenters. The maximum atomic E-state index is 9.39. The van der Waals surface area contributed by atoms with Gasteiger partial charge in [-0.3, -0.25) is 4.90 Å². The topological polar surface area (TPSA) is 35.5 Å². The lowest BCUT2D eigenvalue weighted by Gasteiger charge is -2.37. The van der Waals surface area contributed by atoms with Gasteiger partial charge in [0.05, 0.1) is 0 Å². The van der Waals surface area contributed by atoms with Gasteiger partial charge in [0.25, 0.3) is 0 Å². The van der Waals surface area contributed by atoms with E-state index in [0.717, 1.165) is 12.5 Å². The van der Waals surface area contributed by atoms with Gasteiger partial charge in [0.15, 0.2) is 0 Å². The summed E-state index contributed by atoms with van der Waals surface area (Å²) in [7, 11) is 0. The maximum Gasteiger partial charge on any atom is 0.115 e. The van der Waals surface area contributed by atoms with Crippen molar-refractivity contribution in [2.45, 2.75) is 45.7 Å². The third-order valence-electron chi connectivity index (χ3n) is 4.29. The van der Waals surface area contributed by atoms with Gasteiger partial charge >= 0.3 is 0 Å². The Hall–Kier alpha value is -1.06. The summed E-state index contributed by atoms with van der Waals surface area (Å²) in [5, 5.41) is 13.0. The predicted octanol–water partition coefficient (Wildman–Crippen LogP) is 3.16. The summed E-state index contributed by atoms with van der Waals surface area (Å²) in [6, 6.07) is 8.64. The molecule has 1 aliphatic rings. The molecule has 1 heterocycles. The van der Waals surface area contributed by atoms with E-state index in [1.54, 1.807) is 12.1 Å². The average molecular weight is 276 g/mol. The highest BCUT2D eigenvalue weighted by molar-refractivity contribution is 5.27. The molecule has 3 nitrogen and oxygen atoms in total. The Morgan fingerprint density at radius 1 is 1.25 bits per heavy atom. The van der Waals surface area contributed by atoms with Crippen molar-refractivity contribution in [1.82, 2.24) is 10.2 Å². The van der Waals surface area contributed by atoms with E-state index in [0.29, 0.717) is 17.8 Å². The first kappa shape index (κ1) is 15.3. The van der Waals surface area contributed by atoms with E-state index < -0.39 is 0 Å². The quantitative estimate of drug-likeness (QED) is 0.867. The van der Waals surface area contributed by atoms with Crippen molar-refractivity contribution in [2.24, 2.45) is 5.92 Å². The summed E-state index contributed by atoms with van der Waals surface area (Å²) in [6.07, 6.45) is 2.62. The molecule has 0 spiro atoms. The van der Waals surface area contributed by atoms with E-state index in [9.17, 15) is 5.11 Å². The number of nitrogens with zero attached hydrogens (tertiary/aromatic N) is 1. The van der Waals surface area contributed by atoms with Gasteiger partial charge in [-0.2, -0.15) is 0 Å². The molecule has 1 saturated heterocycles. The molecule has 2 atom stereocenters. The first-order chi connectivity index (χ1) is 9.56. The smallest absolute Gasteiger partial charge is 0.115 e. The van der Waals surface area contributed by atoms with E-state index >= 15 is 0 Å². The second kappa shape index (κ2) is 7.09. The monoisotopic (exact) mass is 276 g/mol. The van der Waals surface area contributed by atoms with Crippen molar-refractivity contribution < 1.29 is 5.11 Å². The molecule has 3 heteroatoms. The largest absolute Gasteiger partial charge is 0.508 e. The van der Waals surface area contributed by atoms with Gasteiger partial charge in [-0.1, -0.05) is 26.0 Å². The molecular formula is C17H28N2O. The van der Waals surface area contributed by atoms with Crippen LogP contribution in [0.1, 0.15) is 45.2 Å². The normalized spacial score (nSPS) is 22.1. The number of hydrogen-bond donors (Lipinski definition) is 2. The minimum Gasteiger partial charge on any atom is -0.508 e. The Balaban J connectivity index is 1.92. The summed E-state index contributed by atoms with van der Waals surface area (Å²) in [4.78, 5) is 2.57. The van der Waals surface area contributed by atoms with Crippen molar-refractivity contribution in [1.29, 1.82) is 0 Å². The van der Waals surface area contributed by atoms with Crippen LogP contribution in [0.4, 0.5) is 0 Å². The third-order valence-corrected chi connectivity index (χ3v) is 4.29. The Labute approximate surface area is 123 Å². The standard InChI is InChI=1S/C17H28N2O/c1-13(2)18-11-15-5-4-10-19(12-15)14(3)16-6-8-17(20)9-7-16/h6-9,13-15,18,20H,4-5,10-12H2,1-3H3. The predicted molar refractivity (Wildman–Crippen MR) is 84.0 cm³/mol. The molecular weight excluding hydrogens is 248 g/mol. The van der Waals surface area contributed by atoms with Crippen molar-refractivity contribution in [3.8, 4) is 5.75 Å². The summed E-state index contributed by atoms with van der Waals surface area (Å²) in [5.41, 5.74) is 1.29. The lowest BCUT2D eigenvalue weighted by atomic mass is 9.95. The second-order valence-electron chi connectivity index (χ2n) is 6.33. The fourth-order valence-electron chi connectivity index (χ4n) is 2.98. The van der Waals surface area contributed by atoms with Gasteiger partial charge in [0, 0.05) is 18.6 Å². The molecule has 1 aromatic rings. The second-order valence-corrected chi connectivity index (χ2v) is 6.33. The molecule has 0 bridgehead atoms. The molecule has 0 aromatic heterocycles.